The molecule has 1 aliphatic rings. The van der Waals surface area contributed by atoms with Gasteiger partial charge in [0.25, 0.3) is 0 Å². The van der Waals surface area contributed by atoms with Crippen LogP contribution in [0.3, 0.4) is 0 Å². The van der Waals surface area contributed by atoms with Crippen molar-refractivity contribution in [3.63, 3.8) is 0 Å². The molecule has 0 saturated carbocycles. The molecule has 1 fully saturated rings. The average Bonchev–Trinajstić information content (AvgIpc) is 2.95. The van der Waals surface area contributed by atoms with Crippen molar-refractivity contribution >= 4 is 23.9 Å². The van der Waals surface area contributed by atoms with E-state index in [-0.39, 0.29) is 125 Å². The Kier molecular flexibility index (Phi) is 21.2. The van der Waals surface area contributed by atoms with E-state index in [2.05, 4.69) is 4.98 Å². The van der Waals surface area contributed by atoms with Gasteiger partial charge in [0.1, 0.15) is 12.6 Å². The van der Waals surface area contributed by atoms with Crippen molar-refractivity contribution in [1.82, 2.24) is 24.6 Å². The molecule has 0 radical (unpaired) electrons. The Morgan fingerprint density at radius 1 is 0.733 bits per heavy atom. The van der Waals surface area contributed by atoms with Crippen LogP contribution < -0.4 is 4.74 Å². The molecule has 2 rings (SSSR count). The normalized spacial score (nSPS) is 16.9. The minimum Gasteiger partial charge on any atom is -0.480 e. The predicted molar refractivity (Wildman–Crippen MR) is 156 cm³/mol. The molecular formula is C28H45GdN5O11. The molecule has 4 N–H and O–H groups in total. The molecule has 1 aromatic rings. The van der Waals surface area contributed by atoms with Crippen molar-refractivity contribution in [3.8, 4) is 5.88 Å². The summed E-state index contributed by atoms with van der Waals surface area (Å²) in [5.74, 6) is -3.86. The van der Waals surface area contributed by atoms with Crippen molar-refractivity contribution in [1.29, 1.82) is 0 Å². The van der Waals surface area contributed by atoms with Crippen molar-refractivity contribution < 1.29 is 93.8 Å². The number of rotatable bonds is 18. The van der Waals surface area contributed by atoms with Gasteiger partial charge in [0.05, 0.1) is 39.5 Å². The van der Waals surface area contributed by atoms with Gasteiger partial charge in [0.15, 0.2) is 0 Å². The van der Waals surface area contributed by atoms with Gasteiger partial charge < -0.3 is 34.6 Å². The molecule has 1 aliphatic heterocycles. The van der Waals surface area contributed by atoms with Crippen LogP contribution in [0, 0.1) is 39.9 Å². The van der Waals surface area contributed by atoms with Gasteiger partial charge in [-0.25, -0.2) is 4.98 Å². The first-order valence-corrected chi connectivity index (χ1v) is 14.6. The maximum atomic E-state index is 12.5. The molecule has 1 atom stereocenters. The monoisotopic (exact) mass is 785 g/mol. The number of pyridine rings is 1. The van der Waals surface area contributed by atoms with Gasteiger partial charge in [-0.2, -0.15) is 0 Å². The van der Waals surface area contributed by atoms with Crippen LogP contribution in [0.15, 0.2) is 18.3 Å². The van der Waals surface area contributed by atoms with E-state index in [1.54, 1.807) is 37.9 Å². The van der Waals surface area contributed by atoms with E-state index in [1.807, 2.05) is 6.92 Å². The van der Waals surface area contributed by atoms with E-state index in [0.717, 1.165) is 0 Å². The van der Waals surface area contributed by atoms with E-state index < -0.39 is 29.9 Å². The number of hydrogen-bond donors (Lipinski definition) is 4. The van der Waals surface area contributed by atoms with E-state index >= 15 is 0 Å². The third kappa shape index (κ3) is 18.0. The Bertz CT molecular complexity index is 1000. The Morgan fingerprint density at radius 2 is 1.20 bits per heavy atom. The van der Waals surface area contributed by atoms with Gasteiger partial charge in [-0.1, -0.05) is 6.07 Å². The maximum Gasteiger partial charge on any atom is 0.321 e. The van der Waals surface area contributed by atoms with Crippen molar-refractivity contribution in [3.05, 3.63) is 23.9 Å². The van der Waals surface area contributed by atoms with Crippen LogP contribution in [0.1, 0.15) is 12.5 Å². The zero-order valence-electron chi connectivity index (χ0n) is 25.6. The molecular weight excluding hydrogens is 740 g/mol. The van der Waals surface area contributed by atoms with Crippen molar-refractivity contribution in [2.24, 2.45) is 0 Å². The van der Waals surface area contributed by atoms with Crippen molar-refractivity contribution in [2.45, 2.75) is 19.4 Å². The van der Waals surface area contributed by atoms with E-state index in [1.165, 1.54) is 0 Å². The minimum absolute atomic E-state index is 0. The molecule has 1 unspecified atom stereocenters. The number of carboxylic acids is 4. The molecule has 256 valence electrons. The van der Waals surface area contributed by atoms with Crippen LogP contribution in [-0.4, -0.2) is 180 Å². The topological polar surface area (TPSA) is 203 Å². The summed E-state index contributed by atoms with van der Waals surface area (Å²) >= 11 is 0. The van der Waals surface area contributed by atoms with Gasteiger partial charge in [0.2, 0.25) is 5.88 Å². The Morgan fingerprint density at radius 3 is 1.62 bits per heavy atom. The zero-order valence-corrected chi connectivity index (χ0v) is 27.8. The Hall–Kier alpha value is -2.09. The maximum absolute atomic E-state index is 12.5. The van der Waals surface area contributed by atoms with Gasteiger partial charge in [-0.3, -0.25) is 38.8 Å². The first-order valence-electron chi connectivity index (χ1n) is 14.6. The van der Waals surface area contributed by atoms with Gasteiger partial charge in [-0.05, 0) is 12.5 Å². The van der Waals surface area contributed by atoms with Gasteiger partial charge in [-0.15, -0.1) is 0 Å². The van der Waals surface area contributed by atoms with Gasteiger partial charge in [0, 0.05) is 118 Å². The molecule has 1 aromatic heterocycles. The fourth-order valence-corrected chi connectivity index (χ4v) is 4.69. The first kappa shape index (κ1) is 40.9. The second kappa shape index (κ2) is 23.3. The molecule has 0 spiro atoms. The summed E-state index contributed by atoms with van der Waals surface area (Å²) in [6.07, 6.45) is 1.65. The molecule has 45 heavy (non-hydrogen) atoms. The van der Waals surface area contributed by atoms with Crippen LogP contribution in [0.5, 0.6) is 5.88 Å². The zero-order chi connectivity index (χ0) is 32.3. The Labute approximate surface area is 294 Å². The third-order valence-electron chi connectivity index (χ3n) is 6.95. The van der Waals surface area contributed by atoms with E-state index in [4.69, 9.17) is 14.2 Å². The number of nitrogens with zero attached hydrogens (tertiary/aromatic N) is 5. The number of carbonyl (C=O) groups is 4. The molecule has 0 bridgehead atoms. The molecule has 16 nitrogen and oxygen atoms in total. The average molecular weight is 785 g/mol. The quantitative estimate of drug-likeness (QED) is 0.132. The fraction of sp³-hybridized carbons (Fsp3) is 0.679. The number of aromatic nitrogens is 1. The summed E-state index contributed by atoms with van der Waals surface area (Å²) in [6.45, 7) is 5.11. The second-order valence-corrected chi connectivity index (χ2v) is 10.3. The second-order valence-electron chi connectivity index (χ2n) is 10.3. The number of hydrogen-bond acceptors (Lipinski definition) is 12. The van der Waals surface area contributed by atoms with E-state index in [0.29, 0.717) is 37.9 Å². The van der Waals surface area contributed by atoms with E-state index in [9.17, 15) is 39.6 Å². The number of carboxylic acid groups (broad SMARTS) is 4. The predicted octanol–water partition coefficient (Wildman–Crippen LogP) is -1.02. The summed E-state index contributed by atoms with van der Waals surface area (Å²) < 4.78 is 16.2. The minimum atomic E-state index is -1.08. The SMILES string of the molecule is CCOCCOCCOc1ccc(CC(C(=O)O)N2CCN(CC(=O)O)CCN(CC(=O)O)CCN(CC(=O)O)CC2)cn1.[Gd]. The smallest absolute Gasteiger partial charge is 0.321 e. The van der Waals surface area contributed by atoms with Gasteiger partial charge >= 0.3 is 23.9 Å². The first-order chi connectivity index (χ1) is 21.1. The molecule has 17 heteroatoms. The summed E-state index contributed by atoms with van der Waals surface area (Å²) in [7, 11) is 0. The largest absolute Gasteiger partial charge is 0.480 e. The molecule has 2 heterocycles. The molecule has 0 aliphatic carbocycles. The molecule has 0 amide bonds. The third-order valence-corrected chi connectivity index (χ3v) is 6.95. The number of aliphatic carboxylic acids is 4. The van der Waals surface area contributed by atoms with Crippen LogP contribution in [0.4, 0.5) is 0 Å². The van der Waals surface area contributed by atoms with Crippen LogP contribution in [0.2, 0.25) is 0 Å². The fourth-order valence-electron chi connectivity index (χ4n) is 4.69. The van der Waals surface area contributed by atoms with Crippen molar-refractivity contribution in [2.75, 3.05) is 105 Å². The summed E-state index contributed by atoms with van der Waals surface area (Å²) in [5.41, 5.74) is 0.651. The molecule has 0 aromatic carbocycles. The summed E-state index contributed by atoms with van der Waals surface area (Å²) in [5, 5.41) is 38.4. The molecule has 1 saturated heterocycles. The van der Waals surface area contributed by atoms with Crippen LogP contribution in [0.25, 0.3) is 0 Å². The summed E-state index contributed by atoms with van der Waals surface area (Å²) in [4.78, 5) is 57.8. The van der Waals surface area contributed by atoms with Crippen LogP contribution >= 0.6 is 0 Å². The standard InChI is InChI=1S/C28H45N5O11.Gd/c1-2-42-13-14-43-15-16-44-24-4-3-22(18-29-24)17-23(28(40)41)33-11-9-31(20-26(36)37)7-5-30(19-25(34)35)6-8-32(10-12-33)21-27(38)39;/h3-4,18,23H,2,5-17,19-21H2,1H3,(H,34,35)(H,36,37)(H,38,39)(H,40,41);. The summed E-state index contributed by atoms with van der Waals surface area (Å²) in [6, 6.07) is 2.39. The Balaban J connectivity index is 0.0000101. The number of ether oxygens (including phenoxy) is 3. The van der Waals surface area contributed by atoms with Crippen LogP contribution in [-0.2, 0) is 35.1 Å².